The summed E-state index contributed by atoms with van der Waals surface area (Å²) in [7, 11) is -2.12. The summed E-state index contributed by atoms with van der Waals surface area (Å²) >= 11 is 1.65. The van der Waals surface area contributed by atoms with Gasteiger partial charge in [0.05, 0.1) is 5.69 Å². The van der Waals surface area contributed by atoms with Gasteiger partial charge in [-0.1, -0.05) is 5.16 Å². The molecule has 8 nitrogen and oxygen atoms in total. The Kier molecular flexibility index (Phi) is 4.43. The number of nitrogens with zero attached hydrogens (tertiary/aromatic N) is 3. The van der Waals surface area contributed by atoms with Crippen molar-refractivity contribution >= 4 is 33.6 Å². The third kappa shape index (κ3) is 3.96. The summed E-state index contributed by atoms with van der Waals surface area (Å²) in [6.45, 7) is 0.581. The first-order valence-corrected chi connectivity index (χ1v) is 8.00. The minimum absolute atomic E-state index is 0.238. The van der Waals surface area contributed by atoms with Crippen LogP contribution in [0.5, 0.6) is 0 Å². The average Bonchev–Trinajstić information content (AvgIpc) is 2.96. The molecule has 1 aliphatic rings. The van der Waals surface area contributed by atoms with Gasteiger partial charge < -0.3 is 15.2 Å². The summed E-state index contributed by atoms with van der Waals surface area (Å²) in [5.41, 5.74) is 0.878. The van der Waals surface area contributed by atoms with Crippen LogP contribution in [0.4, 0.5) is 0 Å². The number of aromatic nitrogens is 1. The molecule has 0 spiro atoms. The van der Waals surface area contributed by atoms with Crippen molar-refractivity contribution in [2.45, 2.75) is 5.75 Å². The molecule has 2 N–H and O–H groups in total. The number of likely N-dealkylation sites (N-methyl/N-ethyl adjacent to an activating group) is 1. The Morgan fingerprint density at radius 3 is 2.84 bits per heavy atom. The van der Waals surface area contributed by atoms with Crippen LogP contribution in [-0.2, 0) is 16.0 Å². The summed E-state index contributed by atoms with van der Waals surface area (Å²) in [5.74, 6) is 2.02. The van der Waals surface area contributed by atoms with Gasteiger partial charge in [-0.2, -0.15) is 20.2 Å². The third-order valence-corrected chi connectivity index (χ3v) is 3.97. The second-order valence-electron chi connectivity index (χ2n) is 3.55. The maximum atomic E-state index is 11.2. The summed E-state index contributed by atoms with van der Waals surface area (Å²) in [5, 5.41) is 9.40. The predicted molar refractivity (Wildman–Crippen MR) is 73.5 cm³/mol. The lowest BCUT2D eigenvalue weighted by Crippen LogP contribution is -2.37. The van der Waals surface area contributed by atoms with Gasteiger partial charge >= 0.3 is 10.2 Å². The zero-order chi connectivity index (χ0) is 13.7. The monoisotopic (exact) mass is 303 g/mol. The largest absolute Gasteiger partial charge is 0.369 e. The van der Waals surface area contributed by atoms with Crippen molar-refractivity contribution in [2.24, 2.45) is 8.80 Å². The zero-order valence-corrected chi connectivity index (χ0v) is 11.8. The van der Waals surface area contributed by atoms with E-state index in [9.17, 15) is 8.42 Å². The predicted octanol–water partition coefficient (Wildman–Crippen LogP) is -0.228. The van der Waals surface area contributed by atoms with Gasteiger partial charge in [0.25, 0.3) is 0 Å². The van der Waals surface area contributed by atoms with E-state index in [4.69, 9.17) is 4.52 Å². The van der Waals surface area contributed by atoms with Crippen LogP contribution in [0.3, 0.4) is 0 Å². The van der Waals surface area contributed by atoms with Crippen LogP contribution >= 0.6 is 11.8 Å². The number of amidine groups is 2. The molecule has 104 valence electrons. The van der Waals surface area contributed by atoms with E-state index in [-0.39, 0.29) is 11.7 Å². The van der Waals surface area contributed by atoms with Crippen molar-refractivity contribution in [1.82, 2.24) is 15.8 Å². The van der Waals surface area contributed by atoms with Gasteiger partial charge in [-0.3, -0.25) is 0 Å². The minimum atomic E-state index is -3.71. The number of nitrogens with one attached hydrogen (secondary N) is 2. The molecule has 0 atom stereocenters. The third-order valence-electron chi connectivity index (χ3n) is 2.15. The van der Waals surface area contributed by atoms with Gasteiger partial charge in [-0.05, 0) is 0 Å². The molecule has 0 bridgehead atoms. The lowest BCUT2D eigenvalue weighted by molar-refractivity contribution is 0.414. The molecule has 10 heteroatoms. The number of rotatable bonds is 5. The van der Waals surface area contributed by atoms with Crippen molar-refractivity contribution in [2.75, 3.05) is 19.3 Å². The Bertz CT molecular complexity index is 579. The van der Waals surface area contributed by atoms with Gasteiger partial charge in [0.2, 0.25) is 0 Å². The van der Waals surface area contributed by atoms with Crippen LogP contribution < -0.4 is 10.6 Å². The van der Waals surface area contributed by atoms with Gasteiger partial charge in [-0.25, -0.2) is 0 Å². The van der Waals surface area contributed by atoms with Gasteiger partial charge in [0.15, 0.2) is 11.7 Å². The van der Waals surface area contributed by atoms with Crippen LogP contribution in [0, 0.1) is 0 Å². The van der Waals surface area contributed by atoms with Gasteiger partial charge in [0, 0.05) is 31.2 Å². The van der Waals surface area contributed by atoms with E-state index in [0.29, 0.717) is 6.54 Å². The van der Waals surface area contributed by atoms with E-state index in [0.717, 1.165) is 17.2 Å². The molecule has 1 aromatic heterocycles. The average molecular weight is 303 g/mol. The topological polar surface area (TPSA) is 109 Å². The SMILES string of the molecule is CNC1=NS(=O)(=O)N=C1NCCSCc1ccon1. The van der Waals surface area contributed by atoms with E-state index < -0.39 is 10.2 Å². The lowest BCUT2D eigenvalue weighted by Gasteiger charge is -2.06. The Morgan fingerprint density at radius 2 is 2.16 bits per heavy atom. The molecule has 0 saturated carbocycles. The smallest absolute Gasteiger partial charge is 0.367 e. The maximum Gasteiger partial charge on any atom is 0.367 e. The molecular weight excluding hydrogens is 290 g/mol. The first kappa shape index (κ1) is 13.9. The molecule has 1 aliphatic heterocycles. The van der Waals surface area contributed by atoms with Crippen molar-refractivity contribution in [3.05, 3.63) is 18.0 Å². The molecule has 0 unspecified atom stereocenters. The molecule has 2 rings (SSSR count). The summed E-state index contributed by atoms with van der Waals surface area (Å²) in [6.07, 6.45) is 1.53. The highest BCUT2D eigenvalue weighted by atomic mass is 32.2. The molecule has 0 radical (unpaired) electrons. The first-order chi connectivity index (χ1) is 9.11. The van der Waals surface area contributed by atoms with Crippen LogP contribution in [0.1, 0.15) is 5.69 Å². The standard InChI is InChI=1S/C9H13N5O3S2/c1-10-8-9(14-19(15,16)13-8)11-3-5-18-6-7-2-4-17-12-7/h2,4H,3,5-6H2,1H3,(H,10,13)(H,11,14). The van der Waals surface area contributed by atoms with E-state index in [2.05, 4.69) is 24.6 Å². The molecule has 0 amide bonds. The highest BCUT2D eigenvalue weighted by Crippen LogP contribution is 2.09. The fourth-order valence-corrected chi connectivity index (χ4v) is 2.93. The van der Waals surface area contributed by atoms with Gasteiger partial charge in [0.1, 0.15) is 6.26 Å². The zero-order valence-electron chi connectivity index (χ0n) is 10.2. The highest BCUT2D eigenvalue weighted by Gasteiger charge is 2.22. The highest BCUT2D eigenvalue weighted by molar-refractivity contribution is 7.98. The second kappa shape index (κ2) is 6.06. The summed E-state index contributed by atoms with van der Waals surface area (Å²) in [4.78, 5) is 0. The Morgan fingerprint density at radius 1 is 1.37 bits per heavy atom. The molecule has 0 aromatic carbocycles. The molecule has 0 fully saturated rings. The number of hydrogen-bond donors (Lipinski definition) is 2. The van der Waals surface area contributed by atoms with Crippen LogP contribution in [-0.4, -0.2) is 44.6 Å². The number of hydrogen-bond acceptors (Lipinski definition) is 7. The van der Waals surface area contributed by atoms with E-state index >= 15 is 0 Å². The van der Waals surface area contributed by atoms with E-state index in [1.54, 1.807) is 24.9 Å². The molecule has 2 heterocycles. The molecular formula is C9H13N5O3S2. The van der Waals surface area contributed by atoms with E-state index in [1.165, 1.54) is 6.26 Å². The van der Waals surface area contributed by atoms with Crippen LogP contribution in [0.25, 0.3) is 0 Å². The van der Waals surface area contributed by atoms with Crippen LogP contribution in [0.2, 0.25) is 0 Å². The molecule has 0 aliphatic carbocycles. The van der Waals surface area contributed by atoms with E-state index in [1.807, 2.05) is 0 Å². The van der Waals surface area contributed by atoms with Crippen molar-refractivity contribution in [3.63, 3.8) is 0 Å². The second-order valence-corrected chi connectivity index (χ2v) is 5.91. The van der Waals surface area contributed by atoms with Crippen molar-refractivity contribution in [3.8, 4) is 0 Å². The van der Waals surface area contributed by atoms with Gasteiger partial charge in [-0.15, -0.1) is 8.80 Å². The molecule has 1 aromatic rings. The lowest BCUT2D eigenvalue weighted by atomic mass is 10.5. The Labute approximate surface area is 114 Å². The minimum Gasteiger partial charge on any atom is -0.369 e. The normalized spacial score (nSPS) is 16.9. The summed E-state index contributed by atoms with van der Waals surface area (Å²) < 4.78 is 34.0. The quantitative estimate of drug-likeness (QED) is 0.723. The van der Waals surface area contributed by atoms with Crippen molar-refractivity contribution < 1.29 is 12.9 Å². The fraction of sp³-hybridized carbons (Fsp3) is 0.444. The van der Waals surface area contributed by atoms with Crippen molar-refractivity contribution in [1.29, 1.82) is 0 Å². The Balaban J connectivity index is 1.73. The summed E-state index contributed by atoms with van der Waals surface area (Å²) in [6, 6.07) is 1.81. The molecule has 0 saturated heterocycles. The maximum absolute atomic E-state index is 11.2. The molecule has 19 heavy (non-hydrogen) atoms. The Hall–Kier alpha value is -1.55. The number of thioether (sulfide) groups is 1. The van der Waals surface area contributed by atoms with Crippen LogP contribution in [0.15, 0.2) is 25.6 Å². The first-order valence-electron chi connectivity index (χ1n) is 5.44. The fourth-order valence-electron chi connectivity index (χ4n) is 1.35.